The van der Waals surface area contributed by atoms with E-state index in [4.69, 9.17) is 13.7 Å². The Morgan fingerprint density at radius 3 is 2.59 bits per heavy atom. The van der Waals surface area contributed by atoms with E-state index < -0.39 is 15.9 Å². The molecule has 2 aromatic rings. The van der Waals surface area contributed by atoms with Crippen molar-refractivity contribution in [3.05, 3.63) is 53.8 Å². The number of methoxy groups -OCH3 is 1. The van der Waals surface area contributed by atoms with Gasteiger partial charge in [-0.15, -0.1) is 0 Å². The standard InChI is InChI=1S/C23H28FNO6S/c1-16(2)23(26)25(15-18-8-6-12-30-18)14-17-7-4-5-9-21(17)31-32(27,28)19-10-11-22(29-3)20(24)13-19/h4-5,7,9-11,13,16,18H,6,8,12,14-15H2,1-3H3/t18-/m1/s1. The lowest BCUT2D eigenvalue weighted by Crippen LogP contribution is -2.39. The molecule has 1 amide bonds. The van der Waals surface area contributed by atoms with Gasteiger partial charge in [-0.05, 0) is 37.1 Å². The molecule has 7 nitrogen and oxygen atoms in total. The Kier molecular flexibility index (Phi) is 7.73. The number of rotatable bonds is 9. The average molecular weight is 466 g/mol. The Morgan fingerprint density at radius 2 is 1.97 bits per heavy atom. The molecule has 1 heterocycles. The van der Waals surface area contributed by atoms with Crippen molar-refractivity contribution in [1.82, 2.24) is 4.90 Å². The van der Waals surface area contributed by atoms with Gasteiger partial charge in [-0.3, -0.25) is 4.79 Å². The molecule has 1 aliphatic heterocycles. The molecule has 0 spiro atoms. The largest absolute Gasteiger partial charge is 0.494 e. The Hall–Kier alpha value is -2.65. The lowest BCUT2D eigenvalue weighted by Gasteiger charge is -2.28. The van der Waals surface area contributed by atoms with E-state index >= 15 is 0 Å². The van der Waals surface area contributed by atoms with E-state index in [1.165, 1.54) is 25.3 Å². The molecule has 0 unspecified atom stereocenters. The molecule has 0 saturated carbocycles. The molecule has 9 heteroatoms. The maximum Gasteiger partial charge on any atom is 0.339 e. The Morgan fingerprint density at radius 1 is 1.22 bits per heavy atom. The van der Waals surface area contributed by atoms with Gasteiger partial charge in [0.05, 0.1) is 13.2 Å². The fourth-order valence-corrected chi connectivity index (χ4v) is 4.50. The molecule has 174 valence electrons. The highest BCUT2D eigenvalue weighted by Gasteiger charge is 2.26. The molecule has 0 aliphatic carbocycles. The first-order chi connectivity index (χ1) is 15.2. The van der Waals surface area contributed by atoms with E-state index in [0.717, 1.165) is 18.9 Å². The Balaban J connectivity index is 1.85. The third-order valence-corrected chi connectivity index (χ3v) is 6.43. The van der Waals surface area contributed by atoms with E-state index in [2.05, 4.69) is 0 Å². The van der Waals surface area contributed by atoms with Crippen LogP contribution in [-0.2, 0) is 26.2 Å². The number of hydrogen-bond acceptors (Lipinski definition) is 6. The van der Waals surface area contributed by atoms with Crippen LogP contribution in [0.5, 0.6) is 11.5 Å². The second kappa shape index (κ2) is 10.3. The van der Waals surface area contributed by atoms with Crippen LogP contribution in [0.2, 0.25) is 0 Å². The van der Waals surface area contributed by atoms with Crippen molar-refractivity contribution in [2.24, 2.45) is 5.92 Å². The van der Waals surface area contributed by atoms with Crippen molar-refractivity contribution < 1.29 is 31.3 Å². The highest BCUT2D eigenvalue weighted by Crippen LogP contribution is 2.27. The van der Waals surface area contributed by atoms with Crippen molar-refractivity contribution in [3.8, 4) is 11.5 Å². The highest BCUT2D eigenvalue weighted by atomic mass is 32.2. The van der Waals surface area contributed by atoms with Crippen LogP contribution < -0.4 is 8.92 Å². The van der Waals surface area contributed by atoms with E-state index in [1.807, 2.05) is 13.8 Å². The lowest BCUT2D eigenvalue weighted by molar-refractivity contribution is -0.136. The van der Waals surface area contributed by atoms with Gasteiger partial charge in [0.2, 0.25) is 5.91 Å². The minimum atomic E-state index is -4.30. The fraction of sp³-hybridized carbons (Fsp3) is 0.435. The fourth-order valence-electron chi connectivity index (χ4n) is 3.52. The van der Waals surface area contributed by atoms with Crippen LogP contribution in [0.3, 0.4) is 0 Å². The summed E-state index contributed by atoms with van der Waals surface area (Å²) in [5.74, 6) is -1.08. The van der Waals surface area contributed by atoms with Gasteiger partial charge < -0.3 is 18.6 Å². The predicted molar refractivity (Wildman–Crippen MR) is 116 cm³/mol. The maximum atomic E-state index is 14.0. The van der Waals surface area contributed by atoms with Gasteiger partial charge in [0.15, 0.2) is 11.6 Å². The summed E-state index contributed by atoms with van der Waals surface area (Å²) in [5, 5.41) is 0. The molecular formula is C23H28FNO6S. The Bertz CT molecular complexity index is 1050. The highest BCUT2D eigenvalue weighted by molar-refractivity contribution is 7.87. The van der Waals surface area contributed by atoms with Gasteiger partial charge in [-0.2, -0.15) is 8.42 Å². The summed E-state index contributed by atoms with van der Waals surface area (Å²) < 4.78 is 55.5. The van der Waals surface area contributed by atoms with Crippen molar-refractivity contribution in [2.45, 2.75) is 44.2 Å². The third kappa shape index (κ3) is 5.77. The molecule has 1 saturated heterocycles. The van der Waals surface area contributed by atoms with Gasteiger partial charge in [-0.1, -0.05) is 32.0 Å². The molecule has 32 heavy (non-hydrogen) atoms. The van der Waals surface area contributed by atoms with Crippen LogP contribution in [0.4, 0.5) is 4.39 Å². The second-order valence-electron chi connectivity index (χ2n) is 7.95. The summed E-state index contributed by atoms with van der Waals surface area (Å²) in [6, 6.07) is 9.88. The number of amides is 1. The molecule has 0 aromatic heterocycles. The Labute approximate surface area is 188 Å². The van der Waals surface area contributed by atoms with Gasteiger partial charge in [0.25, 0.3) is 0 Å². The number of hydrogen-bond donors (Lipinski definition) is 0. The zero-order chi connectivity index (χ0) is 23.3. The molecule has 0 radical (unpaired) electrons. The van der Waals surface area contributed by atoms with Gasteiger partial charge in [-0.25, -0.2) is 4.39 Å². The summed E-state index contributed by atoms with van der Waals surface area (Å²) in [6.07, 6.45) is 1.78. The van der Waals surface area contributed by atoms with Crippen molar-refractivity contribution >= 4 is 16.0 Å². The van der Waals surface area contributed by atoms with Crippen LogP contribution in [0.1, 0.15) is 32.3 Å². The van der Waals surface area contributed by atoms with E-state index in [1.54, 1.807) is 23.1 Å². The maximum absolute atomic E-state index is 14.0. The smallest absolute Gasteiger partial charge is 0.339 e. The molecule has 0 bridgehead atoms. The van der Waals surface area contributed by atoms with E-state index in [-0.39, 0.29) is 40.9 Å². The zero-order valence-corrected chi connectivity index (χ0v) is 19.2. The first kappa shape index (κ1) is 24.0. The second-order valence-corrected chi connectivity index (χ2v) is 9.50. The number of ether oxygens (including phenoxy) is 2. The molecule has 3 rings (SSSR count). The monoisotopic (exact) mass is 465 g/mol. The summed E-state index contributed by atoms with van der Waals surface area (Å²) in [4.78, 5) is 14.1. The third-order valence-electron chi connectivity index (χ3n) is 5.20. The molecule has 2 aromatic carbocycles. The normalized spacial score (nSPS) is 16.2. The molecule has 1 aliphatic rings. The van der Waals surface area contributed by atoms with Crippen LogP contribution >= 0.6 is 0 Å². The number of para-hydroxylation sites is 1. The van der Waals surface area contributed by atoms with Gasteiger partial charge in [0, 0.05) is 31.2 Å². The molecular weight excluding hydrogens is 437 g/mol. The molecule has 0 N–H and O–H groups in total. The summed E-state index contributed by atoms with van der Waals surface area (Å²) >= 11 is 0. The van der Waals surface area contributed by atoms with Crippen LogP contribution in [0.25, 0.3) is 0 Å². The summed E-state index contributed by atoms with van der Waals surface area (Å²) in [5.41, 5.74) is 0.525. The van der Waals surface area contributed by atoms with Gasteiger partial charge in [0.1, 0.15) is 10.6 Å². The first-order valence-corrected chi connectivity index (χ1v) is 11.9. The SMILES string of the molecule is COc1ccc(S(=O)(=O)Oc2ccccc2CN(C[C@H]2CCCO2)C(=O)C(C)C)cc1F. The van der Waals surface area contributed by atoms with Crippen molar-refractivity contribution in [1.29, 1.82) is 0 Å². The minimum absolute atomic E-state index is 0.0446. The number of halogens is 1. The van der Waals surface area contributed by atoms with Crippen molar-refractivity contribution in [3.63, 3.8) is 0 Å². The van der Waals surface area contributed by atoms with Crippen LogP contribution in [0.15, 0.2) is 47.4 Å². The van der Waals surface area contributed by atoms with E-state index in [9.17, 15) is 17.6 Å². The number of carbonyl (C=O) groups is 1. The van der Waals surface area contributed by atoms with Crippen molar-refractivity contribution in [2.75, 3.05) is 20.3 Å². The quantitative estimate of drug-likeness (QED) is 0.525. The first-order valence-electron chi connectivity index (χ1n) is 10.5. The van der Waals surface area contributed by atoms with Crippen LogP contribution in [0, 0.1) is 11.7 Å². The van der Waals surface area contributed by atoms with Gasteiger partial charge >= 0.3 is 10.1 Å². The zero-order valence-electron chi connectivity index (χ0n) is 18.4. The molecule has 1 atom stereocenters. The predicted octanol–water partition coefficient (Wildman–Crippen LogP) is 3.77. The molecule has 1 fully saturated rings. The van der Waals surface area contributed by atoms with Crippen LogP contribution in [-0.4, -0.2) is 45.6 Å². The number of benzene rings is 2. The van der Waals surface area contributed by atoms with E-state index in [0.29, 0.717) is 18.7 Å². The minimum Gasteiger partial charge on any atom is -0.494 e. The summed E-state index contributed by atoms with van der Waals surface area (Å²) in [7, 11) is -3.01. The topological polar surface area (TPSA) is 82.1 Å². The average Bonchev–Trinajstić information content (AvgIpc) is 3.27. The number of nitrogens with zero attached hydrogens (tertiary/aromatic N) is 1. The lowest BCUT2D eigenvalue weighted by atomic mass is 10.1. The number of carbonyl (C=O) groups excluding carboxylic acids is 1. The summed E-state index contributed by atoms with van der Waals surface area (Å²) in [6.45, 7) is 4.89.